The molecule has 122 valence electrons. The summed E-state index contributed by atoms with van der Waals surface area (Å²) in [7, 11) is 1.62. The summed E-state index contributed by atoms with van der Waals surface area (Å²) >= 11 is 6.14. The van der Waals surface area contributed by atoms with Gasteiger partial charge in [0.1, 0.15) is 5.76 Å². The largest absolute Gasteiger partial charge is 0.451 e. The molecule has 1 amide bonds. The van der Waals surface area contributed by atoms with E-state index in [0.29, 0.717) is 22.0 Å². The molecule has 3 rings (SSSR count). The lowest BCUT2D eigenvalue weighted by Crippen LogP contribution is -2.19. The molecule has 1 aromatic carbocycles. The summed E-state index contributed by atoms with van der Waals surface area (Å²) in [6.45, 7) is 1.76. The minimum Gasteiger partial charge on any atom is -0.451 e. The fourth-order valence-corrected chi connectivity index (χ4v) is 2.53. The smallest absolute Gasteiger partial charge is 0.291 e. The van der Waals surface area contributed by atoms with Crippen LogP contribution in [0.15, 0.2) is 57.9 Å². The monoisotopic (exact) mass is 342 g/mol. The van der Waals surface area contributed by atoms with Gasteiger partial charge in [-0.25, -0.2) is 0 Å². The van der Waals surface area contributed by atoms with Crippen LogP contribution in [0.25, 0.3) is 11.3 Å². The Morgan fingerprint density at radius 1 is 1.21 bits per heavy atom. The third-order valence-electron chi connectivity index (χ3n) is 3.65. The molecule has 24 heavy (non-hydrogen) atoms. The Labute approximate surface area is 143 Å². The summed E-state index contributed by atoms with van der Waals surface area (Å²) < 4.78 is 7.02. The number of anilines is 1. The highest BCUT2D eigenvalue weighted by Gasteiger charge is 2.15. The quantitative estimate of drug-likeness (QED) is 0.786. The molecule has 1 N–H and O–H groups in total. The van der Waals surface area contributed by atoms with Gasteiger partial charge in [-0.15, -0.1) is 0 Å². The fourth-order valence-electron chi connectivity index (χ4n) is 2.30. The topological polar surface area (TPSA) is 64.2 Å². The Hall–Kier alpha value is -2.79. The lowest BCUT2D eigenvalue weighted by molar-refractivity contribution is 0.0997. The van der Waals surface area contributed by atoms with Gasteiger partial charge in [0.2, 0.25) is 0 Å². The first-order valence-corrected chi connectivity index (χ1v) is 7.67. The molecular weight excluding hydrogens is 328 g/mol. The van der Waals surface area contributed by atoms with Crippen molar-refractivity contribution in [2.24, 2.45) is 7.05 Å². The summed E-state index contributed by atoms with van der Waals surface area (Å²) in [5.74, 6) is 0.288. The van der Waals surface area contributed by atoms with Crippen molar-refractivity contribution in [1.82, 2.24) is 4.57 Å². The molecule has 0 spiro atoms. The molecule has 0 unspecified atom stereocenters. The molecule has 0 aliphatic carbocycles. The van der Waals surface area contributed by atoms with Crippen LogP contribution in [-0.4, -0.2) is 10.5 Å². The number of benzene rings is 1. The van der Waals surface area contributed by atoms with E-state index in [1.165, 1.54) is 10.6 Å². The first-order chi connectivity index (χ1) is 11.5. The Balaban J connectivity index is 1.86. The van der Waals surface area contributed by atoms with Crippen LogP contribution in [0.1, 0.15) is 16.1 Å². The van der Waals surface area contributed by atoms with E-state index in [9.17, 15) is 9.59 Å². The predicted octanol–water partition coefficient (Wildman–Crippen LogP) is 3.86. The van der Waals surface area contributed by atoms with Crippen molar-refractivity contribution in [2.75, 3.05) is 5.32 Å². The molecule has 0 saturated heterocycles. The third-order valence-corrected chi connectivity index (χ3v) is 3.98. The molecule has 0 atom stereocenters. The Kier molecular flexibility index (Phi) is 4.27. The maximum absolute atomic E-state index is 12.4. The average molecular weight is 343 g/mol. The van der Waals surface area contributed by atoms with E-state index in [2.05, 4.69) is 5.32 Å². The summed E-state index contributed by atoms with van der Waals surface area (Å²) in [5, 5.41) is 3.30. The zero-order chi connectivity index (χ0) is 17.3. The number of hydrogen-bond donors (Lipinski definition) is 1. The SMILES string of the molecule is Cc1cc(=O)n(C)cc1NC(=O)c1ccc(-c2ccccc2Cl)o1. The molecule has 0 fully saturated rings. The van der Waals surface area contributed by atoms with Crippen LogP contribution in [0.3, 0.4) is 0 Å². The molecule has 2 aromatic heterocycles. The minimum atomic E-state index is -0.393. The highest BCUT2D eigenvalue weighted by atomic mass is 35.5. The number of nitrogens with zero attached hydrogens (tertiary/aromatic N) is 1. The van der Waals surface area contributed by atoms with Crippen LogP contribution < -0.4 is 10.9 Å². The lowest BCUT2D eigenvalue weighted by Gasteiger charge is -2.08. The number of halogens is 1. The molecule has 2 heterocycles. The van der Waals surface area contributed by atoms with Crippen LogP contribution in [0, 0.1) is 6.92 Å². The van der Waals surface area contributed by atoms with Crippen molar-refractivity contribution >= 4 is 23.2 Å². The van der Waals surface area contributed by atoms with E-state index in [-0.39, 0.29) is 11.3 Å². The number of carbonyl (C=O) groups excluding carboxylic acids is 1. The van der Waals surface area contributed by atoms with Gasteiger partial charge in [-0.3, -0.25) is 9.59 Å². The number of furan rings is 1. The molecule has 0 radical (unpaired) electrons. The third kappa shape index (κ3) is 3.12. The first-order valence-electron chi connectivity index (χ1n) is 7.29. The Morgan fingerprint density at radius 2 is 1.96 bits per heavy atom. The summed E-state index contributed by atoms with van der Waals surface area (Å²) in [5.41, 5.74) is 1.82. The minimum absolute atomic E-state index is 0.135. The molecule has 3 aromatic rings. The van der Waals surface area contributed by atoms with Crippen molar-refractivity contribution < 1.29 is 9.21 Å². The van der Waals surface area contributed by atoms with E-state index in [1.54, 1.807) is 38.4 Å². The van der Waals surface area contributed by atoms with Crippen molar-refractivity contribution in [3.63, 3.8) is 0 Å². The van der Waals surface area contributed by atoms with Gasteiger partial charge in [-0.2, -0.15) is 0 Å². The molecular formula is C18H15ClN2O3. The summed E-state index contributed by atoms with van der Waals surface area (Å²) in [6.07, 6.45) is 1.58. The van der Waals surface area contributed by atoms with Gasteiger partial charge < -0.3 is 14.3 Å². The molecule has 0 aliphatic rings. The van der Waals surface area contributed by atoms with Crippen LogP contribution in [0.2, 0.25) is 5.02 Å². The van der Waals surface area contributed by atoms with Crippen molar-refractivity contribution in [3.8, 4) is 11.3 Å². The highest BCUT2D eigenvalue weighted by molar-refractivity contribution is 6.33. The number of aryl methyl sites for hydroxylation is 2. The lowest BCUT2D eigenvalue weighted by atomic mass is 10.2. The zero-order valence-corrected chi connectivity index (χ0v) is 13.9. The van der Waals surface area contributed by atoms with Gasteiger partial charge in [-0.1, -0.05) is 23.7 Å². The van der Waals surface area contributed by atoms with E-state index in [4.69, 9.17) is 16.0 Å². The second-order valence-corrected chi connectivity index (χ2v) is 5.82. The van der Waals surface area contributed by atoms with Gasteiger partial charge in [0.15, 0.2) is 5.76 Å². The number of pyridine rings is 1. The number of carbonyl (C=O) groups is 1. The second-order valence-electron chi connectivity index (χ2n) is 5.42. The predicted molar refractivity (Wildman–Crippen MR) is 93.5 cm³/mol. The Morgan fingerprint density at radius 3 is 2.71 bits per heavy atom. The summed E-state index contributed by atoms with van der Waals surface area (Å²) in [6, 6.07) is 12.0. The number of amides is 1. The van der Waals surface area contributed by atoms with Crippen molar-refractivity contribution in [3.05, 3.63) is 75.4 Å². The first kappa shape index (κ1) is 16.1. The van der Waals surface area contributed by atoms with Gasteiger partial charge in [0.05, 0.1) is 10.7 Å². The molecule has 0 aliphatic heterocycles. The zero-order valence-electron chi connectivity index (χ0n) is 13.2. The van der Waals surface area contributed by atoms with Crippen molar-refractivity contribution in [2.45, 2.75) is 6.92 Å². The van der Waals surface area contributed by atoms with Gasteiger partial charge in [0.25, 0.3) is 11.5 Å². The highest BCUT2D eigenvalue weighted by Crippen LogP contribution is 2.29. The normalized spacial score (nSPS) is 10.6. The van der Waals surface area contributed by atoms with E-state index >= 15 is 0 Å². The Bertz CT molecular complexity index is 972. The standard InChI is InChI=1S/C18H15ClN2O3/c1-11-9-17(22)21(2)10-14(11)20-18(23)16-8-7-15(24-16)12-5-3-4-6-13(12)19/h3-10H,1-2H3,(H,20,23). The van der Waals surface area contributed by atoms with E-state index in [1.807, 2.05) is 18.2 Å². The van der Waals surface area contributed by atoms with Crippen molar-refractivity contribution in [1.29, 1.82) is 0 Å². The maximum Gasteiger partial charge on any atom is 0.291 e. The number of nitrogens with one attached hydrogen (secondary N) is 1. The summed E-state index contributed by atoms with van der Waals surface area (Å²) in [4.78, 5) is 23.9. The molecule has 0 bridgehead atoms. The van der Waals surface area contributed by atoms with Gasteiger partial charge in [-0.05, 0) is 36.8 Å². The van der Waals surface area contributed by atoms with E-state index in [0.717, 1.165) is 5.56 Å². The molecule has 6 heteroatoms. The van der Waals surface area contributed by atoms with Crippen LogP contribution in [0.4, 0.5) is 5.69 Å². The second kappa shape index (κ2) is 6.37. The van der Waals surface area contributed by atoms with Crippen LogP contribution in [0.5, 0.6) is 0 Å². The van der Waals surface area contributed by atoms with Crippen LogP contribution >= 0.6 is 11.6 Å². The number of aromatic nitrogens is 1. The molecule has 5 nitrogen and oxygen atoms in total. The van der Waals surface area contributed by atoms with Crippen LogP contribution in [-0.2, 0) is 7.05 Å². The number of hydrogen-bond acceptors (Lipinski definition) is 3. The van der Waals surface area contributed by atoms with Gasteiger partial charge >= 0.3 is 0 Å². The maximum atomic E-state index is 12.4. The van der Waals surface area contributed by atoms with Gasteiger partial charge in [0, 0.05) is 24.9 Å². The van der Waals surface area contributed by atoms with E-state index < -0.39 is 5.91 Å². The average Bonchev–Trinajstić information content (AvgIpc) is 3.03. The fraction of sp³-hybridized carbons (Fsp3) is 0.111. The number of rotatable bonds is 3. The molecule has 0 saturated carbocycles.